The second-order valence-electron chi connectivity index (χ2n) is 10.4. The third-order valence-electron chi connectivity index (χ3n) is 5.81. The van der Waals surface area contributed by atoms with Crippen molar-refractivity contribution < 1.29 is 24.2 Å². The van der Waals surface area contributed by atoms with E-state index in [4.69, 9.17) is 4.74 Å². The van der Waals surface area contributed by atoms with Crippen LogP contribution in [-0.2, 0) is 14.3 Å². The molecule has 0 spiro atoms. The molecule has 196 valence electrons. The molecule has 3 rings (SSSR count). The highest BCUT2D eigenvalue weighted by Gasteiger charge is 2.35. The number of rotatable bonds is 7. The standard InChI is InChI=1S/C29H35N3O5/c1-18(2)24(31-28(36)37-29(3,4)5)27(35)32(6)25(20-12-15-23(33)16-13-20)26(34)30-22-14-11-19-9-7-8-10-21(19)17-22/h7-18,24-25,33H,1-6H3,(H,30,34)(H,31,36). The number of alkyl carbamates (subject to hydrolysis) is 1. The first-order chi connectivity index (χ1) is 17.4. The van der Waals surface area contributed by atoms with Gasteiger partial charge >= 0.3 is 6.09 Å². The predicted molar refractivity (Wildman–Crippen MR) is 144 cm³/mol. The summed E-state index contributed by atoms with van der Waals surface area (Å²) < 4.78 is 5.34. The number of aromatic hydroxyl groups is 1. The Labute approximate surface area is 217 Å². The van der Waals surface area contributed by atoms with Crippen molar-refractivity contribution in [2.75, 3.05) is 12.4 Å². The molecule has 0 aromatic heterocycles. The number of nitrogens with one attached hydrogen (secondary N) is 2. The molecule has 2 unspecified atom stereocenters. The molecule has 0 heterocycles. The lowest BCUT2D eigenvalue weighted by atomic mass is 9.99. The van der Waals surface area contributed by atoms with Crippen LogP contribution in [0, 0.1) is 5.92 Å². The summed E-state index contributed by atoms with van der Waals surface area (Å²) in [6, 6.07) is 17.5. The van der Waals surface area contributed by atoms with Crippen LogP contribution in [0.15, 0.2) is 66.7 Å². The van der Waals surface area contributed by atoms with Crippen LogP contribution in [0.2, 0.25) is 0 Å². The lowest BCUT2D eigenvalue weighted by Gasteiger charge is -2.33. The normalized spacial score (nSPS) is 13.1. The Kier molecular flexibility index (Phi) is 8.42. The van der Waals surface area contributed by atoms with Gasteiger partial charge in [-0.1, -0.05) is 56.3 Å². The Morgan fingerprint density at radius 1 is 0.919 bits per heavy atom. The summed E-state index contributed by atoms with van der Waals surface area (Å²) in [7, 11) is 1.52. The van der Waals surface area contributed by atoms with Gasteiger partial charge < -0.3 is 25.4 Å². The fourth-order valence-electron chi connectivity index (χ4n) is 3.98. The van der Waals surface area contributed by atoms with E-state index in [1.165, 1.54) is 24.1 Å². The summed E-state index contributed by atoms with van der Waals surface area (Å²) in [5.41, 5.74) is 0.363. The van der Waals surface area contributed by atoms with Gasteiger partial charge in [0.1, 0.15) is 23.4 Å². The summed E-state index contributed by atoms with van der Waals surface area (Å²) in [4.78, 5) is 41.0. The molecule has 0 aliphatic rings. The number of fused-ring (bicyclic) bond motifs is 1. The first-order valence-electron chi connectivity index (χ1n) is 12.2. The lowest BCUT2D eigenvalue weighted by Crippen LogP contribution is -2.53. The van der Waals surface area contributed by atoms with Crippen LogP contribution in [0.4, 0.5) is 10.5 Å². The molecule has 8 heteroatoms. The minimum absolute atomic E-state index is 0.0399. The fraction of sp³-hybridized carbons (Fsp3) is 0.345. The number of likely N-dealkylation sites (N-methyl/N-ethyl adjacent to an activating group) is 1. The number of benzene rings is 3. The van der Waals surface area contributed by atoms with Crippen LogP contribution in [-0.4, -0.2) is 46.6 Å². The average Bonchev–Trinajstić information content (AvgIpc) is 2.82. The zero-order valence-electron chi connectivity index (χ0n) is 22.1. The third-order valence-corrected chi connectivity index (χ3v) is 5.81. The number of nitrogens with zero attached hydrogens (tertiary/aromatic N) is 1. The molecule has 3 aromatic carbocycles. The summed E-state index contributed by atoms with van der Waals surface area (Å²) in [6.45, 7) is 8.83. The van der Waals surface area contributed by atoms with Gasteiger partial charge in [-0.15, -0.1) is 0 Å². The first-order valence-corrected chi connectivity index (χ1v) is 12.2. The number of phenolic OH excluding ortho intramolecular Hbond substituents is 1. The smallest absolute Gasteiger partial charge is 0.408 e. The maximum Gasteiger partial charge on any atom is 0.408 e. The number of anilines is 1. The predicted octanol–water partition coefficient (Wildman–Crippen LogP) is 5.23. The van der Waals surface area contributed by atoms with E-state index < -0.39 is 35.6 Å². The van der Waals surface area contributed by atoms with E-state index in [9.17, 15) is 19.5 Å². The summed E-state index contributed by atoms with van der Waals surface area (Å²) in [6.07, 6.45) is -0.713. The van der Waals surface area contributed by atoms with E-state index in [1.807, 2.05) is 36.4 Å². The van der Waals surface area contributed by atoms with E-state index in [2.05, 4.69) is 10.6 Å². The summed E-state index contributed by atoms with van der Waals surface area (Å²) in [5, 5.41) is 17.3. The minimum Gasteiger partial charge on any atom is -0.508 e. The van der Waals surface area contributed by atoms with Gasteiger partial charge in [-0.2, -0.15) is 0 Å². The van der Waals surface area contributed by atoms with Crippen molar-refractivity contribution in [3.8, 4) is 5.75 Å². The maximum atomic E-state index is 13.6. The van der Waals surface area contributed by atoms with Gasteiger partial charge in [0, 0.05) is 12.7 Å². The van der Waals surface area contributed by atoms with Gasteiger partial charge in [-0.3, -0.25) is 9.59 Å². The van der Waals surface area contributed by atoms with Crippen molar-refractivity contribution in [1.29, 1.82) is 0 Å². The second-order valence-corrected chi connectivity index (χ2v) is 10.4. The molecule has 0 aliphatic heterocycles. The van der Waals surface area contributed by atoms with Crippen LogP contribution in [0.25, 0.3) is 10.8 Å². The highest BCUT2D eigenvalue weighted by Crippen LogP contribution is 2.26. The van der Waals surface area contributed by atoms with Crippen molar-refractivity contribution in [3.05, 3.63) is 72.3 Å². The highest BCUT2D eigenvalue weighted by molar-refractivity contribution is 6.00. The quantitative estimate of drug-likeness (QED) is 0.407. The topological polar surface area (TPSA) is 108 Å². The Morgan fingerprint density at radius 2 is 1.54 bits per heavy atom. The average molecular weight is 506 g/mol. The number of hydrogen-bond donors (Lipinski definition) is 3. The summed E-state index contributed by atoms with van der Waals surface area (Å²) in [5.74, 6) is -1.12. The second kappa shape index (κ2) is 11.3. The molecule has 0 radical (unpaired) electrons. The first kappa shape index (κ1) is 27.5. The highest BCUT2D eigenvalue weighted by atomic mass is 16.6. The van der Waals surface area contributed by atoms with E-state index in [1.54, 1.807) is 52.8 Å². The van der Waals surface area contributed by atoms with Crippen LogP contribution in [0.3, 0.4) is 0 Å². The molecule has 0 aliphatic carbocycles. The number of hydrogen-bond acceptors (Lipinski definition) is 5. The Morgan fingerprint density at radius 3 is 2.14 bits per heavy atom. The van der Waals surface area contributed by atoms with Gasteiger partial charge in [-0.25, -0.2) is 4.79 Å². The van der Waals surface area contributed by atoms with E-state index in [0.717, 1.165) is 10.8 Å². The van der Waals surface area contributed by atoms with Crippen molar-refractivity contribution in [2.24, 2.45) is 5.92 Å². The van der Waals surface area contributed by atoms with Gasteiger partial charge in [0.05, 0.1) is 0 Å². The van der Waals surface area contributed by atoms with Crippen LogP contribution < -0.4 is 10.6 Å². The Balaban J connectivity index is 1.90. The molecular weight excluding hydrogens is 470 g/mol. The molecule has 2 atom stereocenters. The number of phenols is 1. The van der Waals surface area contributed by atoms with E-state index >= 15 is 0 Å². The molecule has 0 fully saturated rings. The Hall–Kier alpha value is -4.07. The zero-order chi connectivity index (χ0) is 27.3. The fourth-order valence-corrected chi connectivity index (χ4v) is 3.98. The third kappa shape index (κ3) is 7.22. The number of ether oxygens (including phenoxy) is 1. The molecular formula is C29H35N3O5. The lowest BCUT2D eigenvalue weighted by molar-refractivity contribution is -0.140. The number of carbonyl (C=O) groups is 3. The molecule has 0 saturated heterocycles. The molecule has 0 bridgehead atoms. The van der Waals surface area contributed by atoms with E-state index in [-0.39, 0.29) is 11.7 Å². The molecule has 3 amide bonds. The molecule has 8 nitrogen and oxygen atoms in total. The van der Waals surface area contributed by atoms with Crippen molar-refractivity contribution in [2.45, 2.75) is 52.3 Å². The van der Waals surface area contributed by atoms with E-state index in [0.29, 0.717) is 11.3 Å². The van der Waals surface area contributed by atoms with Gasteiger partial charge in [0.15, 0.2) is 0 Å². The van der Waals surface area contributed by atoms with Crippen LogP contribution in [0.5, 0.6) is 5.75 Å². The van der Waals surface area contributed by atoms with Crippen molar-refractivity contribution in [3.63, 3.8) is 0 Å². The van der Waals surface area contributed by atoms with Crippen molar-refractivity contribution >= 4 is 34.4 Å². The molecule has 0 saturated carbocycles. The largest absolute Gasteiger partial charge is 0.508 e. The van der Waals surface area contributed by atoms with Gasteiger partial charge in [0.25, 0.3) is 5.91 Å². The molecule has 3 N–H and O–H groups in total. The minimum atomic E-state index is -1.03. The monoisotopic (exact) mass is 505 g/mol. The molecule has 37 heavy (non-hydrogen) atoms. The molecule has 3 aromatic rings. The number of amides is 3. The Bertz CT molecular complexity index is 1260. The van der Waals surface area contributed by atoms with Crippen molar-refractivity contribution in [1.82, 2.24) is 10.2 Å². The van der Waals surface area contributed by atoms with Crippen LogP contribution >= 0.6 is 0 Å². The number of carbonyl (C=O) groups excluding carboxylic acids is 3. The zero-order valence-corrected chi connectivity index (χ0v) is 22.1. The van der Waals surface area contributed by atoms with Gasteiger partial charge in [-0.05, 0) is 67.3 Å². The maximum absolute atomic E-state index is 13.6. The SMILES string of the molecule is CC(C)C(NC(=O)OC(C)(C)C)C(=O)N(C)C(C(=O)Nc1ccc2ccccc2c1)c1ccc(O)cc1. The van der Waals surface area contributed by atoms with Gasteiger partial charge in [0.2, 0.25) is 5.91 Å². The van der Waals surface area contributed by atoms with Crippen LogP contribution in [0.1, 0.15) is 46.2 Å². The summed E-state index contributed by atoms with van der Waals surface area (Å²) >= 11 is 0.